The van der Waals surface area contributed by atoms with Gasteiger partial charge in [-0.3, -0.25) is 0 Å². The van der Waals surface area contributed by atoms with Gasteiger partial charge in [-0.25, -0.2) is 8.78 Å². The molecule has 0 amide bonds. The standard InChI is InChI=1S/C14H18F2O/c1-9(2)5-6-17-11-7-12(15)14(10(3)4)13(16)8-11/h5,7-8,10H,6H2,1-4H3. The molecule has 17 heavy (non-hydrogen) atoms. The van der Waals surface area contributed by atoms with Gasteiger partial charge >= 0.3 is 0 Å². The Hall–Kier alpha value is -1.38. The highest BCUT2D eigenvalue weighted by atomic mass is 19.1. The highest BCUT2D eigenvalue weighted by molar-refractivity contribution is 5.32. The number of ether oxygens (including phenoxy) is 1. The topological polar surface area (TPSA) is 9.23 Å². The van der Waals surface area contributed by atoms with Crippen LogP contribution >= 0.6 is 0 Å². The van der Waals surface area contributed by atoms with Crippen LogP contribution in [0.2, 0.25) is 0 Å². The Labute approximate surface area is 101 Å². The highest BCUT2D eigenvalue weighted by Gasteiger charge is 2.14. The molecule has 0 saturated heterocycles. The maximum absolute atomic E-state index is 13.6. The van der Waals surface area contributed by atoms with Crippen LogP contribution in [0.25, 0.3) is 0 Å². The second-order valence-electron chi connectivity index (χ2n) is 4.55. The molecule has 1 rings (SSSR count). The number of hydrogen-bond acceptors (Lipinski definition) is 1. The lowest BCUT2D eigenvalue weighted by atomic mass is 10.0. The quantitative estimate of drug-likeness (QED) is 0.707. The van der Waals surface area contributed by atoms with Crippen LogP contribution in [-0.4, -0.2) is 6.61 Å². The zero-order valence-electron chi connectivity index (χ0n) is 10.7. The van der Waals surface area contributed by atoms with E-state index < -0.39 is 11.6 Å². The van der Waals surface area contributed by atoms with Crippen molar-refractivity contribution >= 4 is 0 Å². The van der Waals surface area contributed by atoms with Gasteiger partial charge in [0.2, 0.25) is 0 Å². The summed E-state index contributed by atoms with van der Waals surface area (Å²) >= 11 is 0. The smallest absolute Gasteiger partial charge is 0.133 e. The summed E-state index contributed by atoms with van der Waals surface area (Å²) in [5, 5.41) is 0. The van der Waals surface area contributed by atoms with Crippen molar-refractivity contribution < 1.29 is 13.5 Å². The van der Waals surface area contributed by atoms with Crippen LogP contribution in [0.15, 0.2) is 23.8 Å². The third kappa shape index (κ3) is 3.84. The van der Waals surface area contributed by atoms with Crippen molar-refractivity contribution in [3.05, 3.63) is 41.0 Å². The Bertz CT molecular complexity index is 395. The van der Waals surface area contributed by atoms with Crippen LogP contribution in [0, 0.1) is 11.6 Å². The lowest BCUT2D eigenvalue weighted by Crippen LogP contribution is -2.01. The summed E-state index contributed by atoms with van der Waals surface area (Å²) in [6.45, 7) is 7.71. The van der Waals surface area contributed by atoms with Gasteiger partial charge in [0.15, 0.2) is 0 Å². The minimum Gasteiger partial charge on any atom is -0.489 e. The molecule has 0 saturated carbocycles. The van der Waals surface area contributed by atoms with Crippen molar-refractivity contribution in [3.63, 3.8) is 0 Å². The lowest BCUT2D eigenvalue weighted by molar-refractivity contribution is 0.355. The van der Waals surface area contributed by atoms with Crippen molar-refractivity contribution in [2.24, 2.45) is 0 Å². The first-order valence-electron chi connectivity index (χ1n) is 5.67. The largest absolute Gasteiger partial charge is 0.489 e. The molecule has 0 N–H and O–H groups in total. The summed E-state index contributed by atoms with van der Waals surface area (Å²) in [6.07, 6.45) is 1.85. The van der Waals surface area contributed by atoms with E-state index in [-0.39, 0.29) is 17.2 Å². The van der Waals surface area contributed by atoms with E-state index in [0.717, 1.165) is 5.57 Å². The molecule has 0 aliphatic heterocycles. The molecule has 0 fully saturated rings. The van der Waals surface area contributed by atoms with Crippen LogP contribution in [-0.2, 0) is 0 Å². The van der Waals surface area contributed by atoms with E-state index in [9.17, 15) is 8.78 Å². The summed E-state index contributed by atoms with van der Waals surface area (Å²) in [6, 6.07) is 2.47. The normalized spacial score (nSPS) is 10.5. The number of allylic oxidation sites excluding steroid dienone is 1. The molecule has 0 aliphatic carbocycles. The van der Waals surface area contributed by atoms with Gasteiger partial charge in [0.05, 0.1) is 0 Å². The Morgan fingerprint density at radius 2 is 1.76 bits per heavy atom. The third-order valence-corrected chi connectivity index (χ3v) is 2.37. The number of rotatable bonds is 4. The first-order chi connectivity index (χ1) is 7.91. The molecule has 0 radical (unpaired) electrons. The maximum Gasteiger partial charge on any atom is 0.133 e. The zero-order chi connectivity index (χ0) is 13.0. The predicted molar refractivity (Wildman–Crippen MR) is 65.4 cm³/mol. The monoisotopic (exact) mass is 240 g/mol. The Morgan fingerprint density at radius 3 is 2.18 bits per heavy atom. The Balaban J connectivity index is 2.87. The van der Waals surface area contributed by atoms with Crippen molar-refractivity contribution in [2.75, 3.05) is 6.61 Å². The summed E-state index contributed by atoms with van der Waals surface area (Å²) in [4.78, 5) is 0. The van der Waals surface area contributed by atoms with Crippen LogP contribution in [0.5, 0.6) is 5.75 Å². The maximum atomic E-state index is 13.6. The summed E-state index contributed by atoms with van der Waals surface area (Å²) < 4.78 is 32.5. The molecule has 0 atom stereocenters. The minimum atomic E-state index is -0.549. The van der Waals surface area contributed by atoms with E-state index in [2.05, 4.69) is 0 Å². The van der Waals surface area contributed by atoms with Crippen LogP contribution in [0.4, 0.5) is 8.78 Å². The third-order valence-electron chi connectivity index (χ3n) is 2.37. The number of hydrogen-bond donors (Lipinski definition) is 0. The number of benzene rings is 1. The zero-order valence-corrected chi connectivity index (χ0v) is 10.7. The summed E-state index contributed by atoms with van der Waals surface area (Å²) in [5.41, 5.74) is 1.21. The van der Waals surface area contributed by atoms with Crippen molar-refractivity contribution in [2.45, 2.75) is 33.6 Å². The minimum absolute atomic E-state index is 0.111. The highest BCUT2D eigenvalue weighted by Crippen LogP contribution is 2.26. The van der Waals surface area contributed by atoms with E-state index >= 15 is 0 Å². The summed E-state index contributed by atoms with van der Waals surface area (Å²) in [5.74, 6) is -1.05. The van der Waals surface area contributed by atoms with E-state index in [0.29, 0.717) is 6.61 Å². The average molecular weight is 240 g/mol. The van der Waals surface area contributed by atoms with Crippen molar-refractivity contribution in [1.82, 2.24) is 0 Å². The molecule has 0 spiro atoms. The van der Waals surface area contributed by atoms with Gasteiger partial charge < -0.3 is 4.74 Å². The van der Waals surface area contributed by atoms with Gasteiger partial charge in [0.1, 0.15) is 24.0 Å². The molecule has 0 unspecified atom stereocenters. The SMILES string of the molecule is CC(C)=CCOc1cc(F)c(C(C)C)c(F)c1. The van der Waals surface area contributed by atoms with E-state index in [1.165, 1.54) is 12.1 Å². The molecule has 1 nitrogen and oxygen atoms in total. The summed E-state index contributed by atoms with van der Waals surface area (Å²) in [7, 11) is 0. The van der Waals surface area contributed by atoms with Crippen molar-refractivity contribution in [3.8, 4) is 5.75 Å². The molecule has 0 aromatic heterocycles. The fourth-order valence-corrected chi connectivity index (χ4v) is 1.50. The molecule has 0 bridgehead atoms. The molecule has 0 heterocycles. The Morgan fingerprint density at radius 1 is 1.24 bits per heavy atom. The average Bonchev–Trinajstić information content (AvgIpc) is 2.14. The van der Waals surface area contributed by atoms with Gasteiger partial charge in [-0.15, -0.1) is 0 Å². The molecule has 94 valence electrons. The molecule has 1 aromatic carbocycles. The molecule has 1 aromatic rings. The lowest BCUT2D eigenvalue weighted by Gasteiger charge is -2.11. The van der Waals surface area contributed by atoms with E-state index in [1.807, 2.05) is 19.9 Å². The fraction of sp³-hybridized carbons (Fsp3) is 0.429. The Kier molecular flexibility index (Phi) is 4.67. The second kappa shape index (κ2) is 5.80. The fourth-order valence-electron chi connectivity index (χ4n) is 1.50. The predicted octanol–water partition coefficient (Wildman–Crippen LogP) is 4.43. The molecule has 0 aliphatic rings. The van der Waals surface area contributed by atoms with Crippen LogP contribution in [0.1, 0.15) is 39.2 Å². The first-order valence-corrected chi connectivity index (χ1v) is 5.67. The van der Waals surface area contributed by atoms with Crippen molar-refractivity contribution in [1.29, 1.82) is 0 Å². The number of halogens is 2. The van der Waals surface area contributed by atoms with Gasteiger partial charge in [0.25, 0.3) is 0 Å². The van der Waals surface area contributed by atoms with Gasteiger partial charge in [-0.2, -0.15) is 0 Å². The van der Waals surface area contributed by atoms with Gasteiger partial charge in [-0.1, -0.05) is 19.4 Å². The van der Waals surface area contributed by atoms with Gasteiger partial charge in [-0.05, 0) is 25.8 Å². The molecule has 3 heteroatoms. The van der Waals surface area contributed by atoms with Crippen LogP contribution in [0.3, 0.4) is 0 Å². The molecular weight excluding hydrogens is 222 g/mol. The first kappa shape index (κ1) is 13.7. The van der Waals surface area contributed by atoms with Gasteiger partial charge in [0, 0.05) is 17.7 Å². The second-order valence-corrected chi connectivity index (χ2v) is 4.55. The van der Waals surface area contributed by atoms with E-state index in [1.54, 1.807) is 13.8 Å². The van der Waals surface area contributed by atoms with E-state index in [4.69, 9.17) is 4.74 Å². The molecular formula is C14H18F2O. The van der Waals surface area contributed by atoms with Crippen LogP contribution < -0.4 is 4.74 Å².